The van der Waals surface area contributed by atoms with Crippen LogP contribution in [0.2, 0.25) is 0 Å². The van der Waals surface area contributed by atoms with E-state index in [1.54, 1.807) is 0 Å². The second-order valence-corrected chi connectivity index (χ2v) is 7.25. The van der Waals surface area contributed by atoms with Gasteiger partial charge in [0.15, 0.2) is 0 Å². The molecule has 2 heterocycles. The molecular formula is C20H23N3O. The number of rotatable bonds is 2. The van der Waals surface area contributed by atoms with Gasteiger partial charge < -0.3 is 11.1 Å². The molecule has 2 aliphatic heterocycles. The van der Waals surface area contributed by atoms with Crippen molar-refractivity contribution in [2.24, 2.45) is 11.1 Å². The lowest BCUT2D eigenvalue weighted by molar-refractivity contribution is 0.0918. The predicted molar refractivity (Wildman–Crippen MR) is 94.5 cm³/mol. The molecule has 2 aromatic carbocycles. The van der Waals surface area contributed by atoms with Gasteiger partial charge in [0.2, 0.25) is 0 Å². The molecule has 0 radical (unpaired) electrons. The van der Waals surface area contributed by atoms with E-state index in [1.807, 2.05) is 30.3 Å². The Labute approximate surface area is 142 Å². The minimum absolute atomic E-state index is 0.00339. The lowest BCUT2D eigenvalue weighted by atomic mass is 9.75. The van der Waals surface area contributed by atoms with E-state index in [0.717, 1.165) is 30.8 Å². The number of benzene rings is 2. The number of amides is 1. The molecule has 3 unspecified atom stereocenters. The topological polar surface area (TPSA) is 58.4 Å². The first-order valence-corrected chi connectivity index (χ1v) is 8.49. The fourth-order valence-electron chi connectivity index (χ4n) is 4.18. The largest absolute Gasteiger partial charge is 0.347 e. The summed E-state index contributed by atoms with van der Waals surface area (Å²) in [7, 11) is 0. The number of nitrogens with one attached hydrogen (secondary N) is 1. The Morgan fingerprint density at radius 2 is 1.88 bits per heavy atom. The number of hydrogen-bond donors (Lipinski definition) is 2. The summed E-state index contributed by atoms with van der Waals surface area (Å²) in [5, 5.41) is 3.22. The molecule has 0 aliphatic carbocycles. The number of likely N-dealkylation sites (tertiary alicyclic amines) is 1. The monoisotopic (exact) mass is 321 g/mol. The number of carbonyl (C=O) groups excluding carboxylic acids is 1. The molecule has 0 aromatic heterocycles. The molecule has 4 heteroatoms. The van der Waals surface area contributed by atoms with Gasteiger partial charge in [0.1, 0.15) is 0 Å². The van der Waals surface area contributed by atoms with Crippen LogP contribution in [0.5, 0.6) is 0 Å². The zero-order chi connectivity index (χ0) is 16.7. The number of fused-ring (bicyclic) bond motifs is 2. The van der Waals surface area contributed by atoms with Gasteiger partial charge in [-0.05, 0) is 17.2 Å². The highest BCUT2D eigenvalue weighted by atomic mass is 16.1. The Bertz CT molecular complexity index is 760. The van der Waals surface area contributed by atoms with Crippen LogP contribution in [0.15, 0.2) is 54.6 Å². The summed E-state index contributed by atoms with van der Waals surface area (Å²) in [6.45, 7) is 4.80. The third-order valence-electron chi connectivity index (χ3n) is 5.61. The fourth-order valence-corrected chi connectivity index (χ4v) is 4.18. The van der Waals surface area contributed by atoms with Crippen molar-refractivity contribution in [2.75, 3.05) is 13.1 Å². The van der Waals surface area contributed by atoms with Crippen LogP contribution in [0.4, 0.5) is 0 Å². The second kappa shape index (κ2) is 5.72. The first-order valence-electron chi connectivity index (χ1n) is 8.49. The van der Waals surface area contributed by atoms with E-state index in [-0.39, 0.29) is 23.4 Å². The maximum Gasteiger partial charge on any atom is 0.251 e. The maximum absolute atomic E-state index is 12.6. The van der Waals surface area contributed by atoms with Gasteiger partial charge in [-0.15, -0.1) is 0 Å². The van der Waals surface area contributed by atoms with Crippen molar-refractivity contribution in [1.29, 1.82) is 0 Å². The van der Waals surface area contributed by atoms with Crippen molar-refractivity contribution in [2.45, 2.75) is 25.6 Å². The van der Waals surface area contributed by atoms with Gasteiger partial charge in [-0.2, -0.15) is 0 Å². The molecule has 0 saturated carbocycles. The van der Waals surface area contributed by atoms with Gasteiger partial charge in [0.05, 0.1) is 6.04 Å². The quantitative estimate of drug-likeness (QED) is 0.892. The average molecular weight is 321 g/mol. The maximum atomic E-state index is 12.6. The van der Waals surface area contributed by atoms with Crippen LogP contribution >= 0.6 is 0 Å². The molecule has 3 N–H and O–H groups in total. The van der Waals surface area contributed by atoms with E-state index in [4.69, 9.17) is 5.73 Å². The van der Waals surface area contributed by atoms with Crippen LogP contribution in [0.3, 0.4) is 0 Å². The van der Waals surface area contributed by atoms with Crippen LogP contribution in [0.25, 0.3) is 0 Å². The van der Waals surface area contributed by atoms with Crippen LogP contribution in [0.1, 0.15) is 34.5 Å². The molecule has 1 amide bonds. The van der Waals surface area contributed by atoms with Gasteiger partial charge in [-0.25, -0.2) is 0 Å². The summed E-state index contributed by atoms with van der Waals surface area (Å²) >= 11 is 0. The number of carbonyl (C=O) groups is 1. The first kappa shape index (κ1) is 15.4. The van der Waals surface area contributed by atoms with Crippen molar-refractivity contribution in [3.63, 3.8) is 0 Å². The van der Waals surface area contributed by atoms with Crippen molar-refractivity contribution < 1.29 is 4.79 Å². The summed E-state index contributed by atoms with van der Waals surface area (Å²) in [5.74, 6) is -0.00339. The van der Waals surface area contributed by atoms with E-state index in [1.165, 1.54) is 5.56 Å². The van der Waals surface area contributed by atoms with E-state index >= 15 is 0 Å². The Balaban J connectivity index is 1.64. The van der Waals surface area contributed by atoms with E-state index in [9.17, 15) is 4.79 Å². The fraction of sp³-hybridized carbons (Fsp3) is 0.350. The molecule has 3 atom stereocenters. The van der Waals surface area contributed by atoms with Crippen LogP contribution in [0, 0.1) is 5.41 Å². The van der Waals surface area contributed by atoms with E-state index in [2.05, 4.69) is 41.4 Å². The molecule has 1 saturated heterocycles. The summed E-state index contributed by atoms with van der Waals surface area (Å²) in [6.07, 6.45) is 0. The van der Waals surface area contributed by atoms with Gasteiger partial charge in [0.25, 0.3) is 5.91 Å². The summed E-state index contributed by atoms with van der Waals surface area (Å²) in [6, 6.07) is 18.1. The summed E-state index contributed by atoms with van der Waals surface area (Å²) in [4.78, 5) is 15.0. The highest BCUT2D eigenvalue weighted by molar-refractivity contribution is 5.96. The molecule has 24 heavy (non-hydrogen) atoms. The van der Waals surface area contributed by atoms with Crippen molar-refractivity contribution in [1.82, 2.24) is 10.2 Å². The molecule has 4 nitrogen and oxygen atoms in total. The van der Waals surface area contributed by atoms with Gasteiger partial charge in [0, 0.05) is 36.7 Å². The second-order valence-electron chi connectivity index (χ2n) is 7.25. The lowest BCUT2D eigenvalue weighted by Gasteiger charge is -2.35. The van der Waals surface area contributed by atoms with Gasteiger partial charge >= 0.3 is 0 Å². The van der Waals surface area contributed by atoms with Crippen molar-refractivity contribution >= 4 is 5.91 Å². The minimum atomic E-state index is -0.170. The van der Waals surface area contributed by atoms with Crippen molar-refractivity contribution in [3.05, 3.63) is 71.3 Å². The molecule has 2 aromatic rings. The summed E-state index contributed by atoms with van der Waals surface area (Å²) < 4.78 is 0. The van der Waals surface area contributed by atoms with Crippen LogP contribution in [-0.4, -0.2) is 29.9 Å². The third kappa shape index (κ3) is 2.43. The average Bonchev–Trinajstić information content (AvgIpc) is 2.88. The molecule has 0 spiro atoms. The standard InChI is InChI=1S/C20H23N3O/c1-20-13-23(11-14-7-3-2-4-8-14)12-17(20)22-19(24)16-10-6-5-9-15(16)18(20)21/h2-10,17-18H,11-13,21H2,1H3,(H,22,24). The Kier molecular flexibility index (Phi) is 3.66. The lowest BCUT2D eigenvalue weighted by Crippen LogP contribution is -2.47. The predicted octanol–water partition coefficient (Wildman–Crippen LogP) is 2.32. The third-order valence-corrected chi connectivity index (χ3v) is 5.61. The zero-order valence-electron chi connectivity index (χ0n) is 13.9. The van der Waals surface area contributed by atoms with Gasteiger partial charge in [-0.3, -0.25) is 9.69 Å². The summed E-state index contributed by atoms with van der Waals surface area (Å²) in [5.41, 5.74) is 9.46. The molecule has 4 rings (SSSR count). The Hall–Kier alpha value is -2.17. The molecule has 1 fully saturated rings. The Morgan fingerprint density at radius 3 is 2.67 bits per heavy atom. The normalized spacial score (nSPS) is 29.5. The van der Waals surface area contributed by atoms with E-state index < -0.39 is 0 Å². The molecular weight excluding hydrogens is 298 g/mol. The smallest absolute Gasteiger partial charge is 0.251 e. The zero-order valence-corrected chi connectivity index (χ0v) is 13.9. The van der Waals surface area contributed by atoms with Crippen LogP contribution in [-0.2, 0) is 6.54 Å². The molecule has 0 bridgehead atoms. The number of nitrogens with zero attached hydrogens (tertiary/aromatic N) is 1. The van der Waals surface area contributed by atoms with Crippen LogP contribution < -0.4 is 11.1 Å². The highest BCUT2D eigenvalue weighted by Crippen LogP contribution is 2.43. The minimum Gasteiger partial charge on any atom is -0.347 e. The molecule has 124 valence electrons. The van der Waals surface area contributed by atoms with Gasteiger partial charge in [-0.1, -0.05) is 55.5 Å². The highest BCUT2D eigenvalue weighted by Gasteiger charge is 2.50. The number of hydrogen-bond acceptors (Lipinski definition) is 3. The number of nitrogens with two attached hydrogens (primary N) is 1. The van der Waals surface area contributed by atoms with E-state index in [0.29, 0.717) is 0 Å². The SMILES string of the molecule is CC12CN(Cc3ccccc3)CC1NC(=O)c1ccccc1C2N. The molecule has 2 aliphatic rings. The Morgan fingerprint density at radius 1 is 1.17 bits per heavy atom. The first-order chi connectivity index (χ1) is 11.6. The van der Waals surface area contributed by atoms with Crippen molar-refractivity contribution in [3.8, 4) is 0 Å².